The van der Waals surface area contributed by atoms with E-state index < -0.39 is 0 Å². The maximum atomic E-state index is 12.3. The molecule has 0 aliphatic heterocycles. The van der Waals surface area contributed by atoms with E-state index in [1.54, 1.807) is 12.1 Å². The van der Waals surface area contributed by atoms with Gasteiger partial charge >= 0.3 is 0 Å². The Kier molecular flexibility index (Phi) is 5.24. The smallest absolute Gasteiger partial charge is 0.269 e. The number of nitrogens with two attached hydrogens (primary N) is 1. The number of ether oxygens (including phenoxy) is 1. The average molecular weight is 306 g/mol. The minimum absolute atomic E-state index is 0.156. The standard InChI is InChI=1S/C14H18N4O2S/c1-9(2)12-13(21-18-17-12)14(19)16-10-4-3-5-11(8-10)20-7-6-15/h3-5,8-9H,6-7,15H2,1-2H3,(H,16,19). The van der Waals surface area contributed by atoms with Crippen LogP contribution in [-0.4, -0.2) is 28.6 Å². The number of hydrogen-bond donors (Lipinski definition) is 2. The molecule has 2 aromatic rings. The fourth-order valence-corrected chi connectivity index (χ4v) is 2.48. The largest absolute Gasteiger partial charge is 0.492 e. The molecule has 0 aliphatic carbocycles. The molecule has 3 N–H and O–H groups in total. The lowest BCUT2D eigenvalue weighted by Crippen LogP contribution is -2.13. The third-order valence-corrected chi connectivity index (χ3v) is 3.49. The predicted molar refractivity (Wildman–Crippen MR) is 82.9 cm³/mol. The highest BCUT2D eigenvalue weighted by atomic mass is 32.1. The van der Waals surface area contributed by atoms with Crippen LogP contribution in [0.25, 0.3) is 0 Å². The van der Waals surface area contributed by atoms with E-state index in [1.165, 1.54) is 0 Å². The highest BCUT2D eigenvalue weighted by molar-refractivity contribution is 7.08. The normalized spacial score (nSPS) is 10.7. The molecule has 7 heteroatoms. The summed E-state index contributed by atoms with van der Waals surface area (Å²) in [5.41, 5.74) is 6.78. The Labute approximate surface area is 127 Å². The third-order valence-electron chi connectivity index (χ3n) is 2.74. The van der Waals surface area contributed by atoms with Crippen LogP contribution in [0, 0.1) is 0 Å². The monoisotopic (exact) mass is 306 g/mol. The van der Waals surface area contributed by atoms with Crippen LogP contribution < -0.4 is 15.8 Å². The molecule has 21 heavy (non-hydrogen) atoms. The summed E-state index contributed by atoms with van der Waals surface area (Å²) >= 11 is 1.10. The zero-order valence-corrected chi connectivity index (χ0v) is 12.8. The van der Waals surface area contributed by atoms with E-state index >= 15 is 0 Å². The van der Waals surface area contributed by atoms with Crippen molar-refractivity contribution in [3.63, 3.8) is 0 Å². The van der Waals surface area contributed by atoms with Crippen molar-refractivity contribution >= 4 is 23.1 Å². The Balaban J connectivity index is 2.10. The zero-order chi connectivity index (χ0) is 15.2. The Morgan fingerprint density at radius 1 is 1.48 bits per heavy atom. The van der Waals surface area contributed by atoms with Crippen LogP contribution in [-0.2, 0) is 0 Å². The minimum Gasteiger partial charge on any atom is -0.492 e. The van der Waals surface area contributed by atoms with Gasteiger partial charge < -0.3 is 15.8 Å². The minimum atomic E-state index is -0.204. The van der Waals surface area contributed by atoms with Gasteiger partial charge in [-0.1, -0.05) is 24.4 Å². The van der Waals surface area contributed by atoms with Crippen molar-refractivity contribution < 1.29 is 9.53 Å². The second-order valence-electron chi connectivity index (χ2n) is 4.76. The third kappa shape index (κ3) is 3.99. The van der Waals surface area contributed by atoms with Gasteiger partial charge in [-0.05, 0) is 29.6 Å². The van der Waals surface area contributed by atoms with E-state index in [-0.39, 0.29) is 11.8 Å². The van der Waals surface area contributed by atoms with E-state index in [4.69, 9.17) is 10.5 Å². The van der Waals surface area contributed by atoms with Crippen LogP contribution in [0.1, 0.15) is 35.1 Å². The molecule has 1 aromatic carbocycles. The lowest BCUT2D eigenvalue weighted by molar-refractivity contribution is 0.102. The summed E-state index contributed by atoms with van der Waals surface area (Å²) in [5.74, 6) is 0.623. The van der Waals surface area contributed by atoms with Crippen LogP contribution in [0.15, 0.2) is 24.3 Å². The van der Waals surface area contributed by atoms with Gasteiger partial charge in [-0.15, -0.1) is 5.10 Å². The summed E-state index contributed by atoms with van der Waals surface area (Å²) in [5, 5.41) is 6.84. The maximum Gasteiger partial charge on any atom is 0.269 e. The molecule has 0 spiro atoms. The fourth-order valence-electron chi connectivity index (χ4n) is 1.76. The van der Waals surface area contributed by atoms with Crippen molar-refractivity contribution in [2.75, 3.05) is 18.5 Å². The molecule has 0 saturated carbocycles. The molecule has 0 atom stereocenters. The second kappa shape index (κ2) is 7.14. The number of aromatic nitrogens is 2. The first kappa shape index (κ1) is 15.4. The molecule has 1 amide bonds. The van der Waals surface area contributed by atoms with Crippen molar-refractivity contribution in [2.24, 2.45) is 5.73 Å². The number of nitrogens with zero attached hydrogens (tertiary/aromatic N) is 2. The van der Waals surface area contributed by atoms with Crippen molar-refractivity contribution in [1.29, 1.82) is 0 Å². The second-order valence-corrected chi connectivity index (χ2v) is 5.52. The van der Waals surface area contributed by atoms with Crippen LogP contribution >= 0.6 is 11.5 Å². The number of hydrogen-bond acceptors (Lipinski definition) is 6. The Hall–Kier alpha value is -1.99. The van der Waals surface area contributed by atoms with Crippen molar-refractivity contribution in [3.05, 3.63) is 34.8 Å². The summed E-state index contributed by atoms with van der Waals surface area (Å²) in [6.07, 6.45) is 0. The van der Waals surface area contributed by atoms with E-state index in [2.05, 4.69) is 14.9 Å². The Bertz CT molecular complexity index is 613. The Morgan fingerprint density at radius 2 is 2.29 bits per heavy atom. The molecule has 0 aliphatic rings. The first-order valence-corrected chi connectivity index (χ1v) is 7.45. The van der Waals surface area contributed by atoms with Gasteiger partial charge in [-0.25, -0.2) is 0 Å². The van der Waals surface area contributed by atoms with E-state index in [0.29, 0.717) is 35.2 Å². The predicted octanol–water partition coefficient (Wildman–Crippen LogP) is 2.25. The molecule has 0 radical (unpaired) electrons. The number of amides is 1. The SMILES string of the molecule is CC(C)c1nnsc1C(=O)Nc1cccc(OCCN)c1. The van der Waals surface area contributed by atoms with Gasteiger partial charge in [0, 0.05) is 18.3 Å². The van der Waals surface area contributed by atoms with Crippen molar-refractivity contribution in [1.82, 2.24) is 9.59 Å². The lowest BCUT2D eigenvalue weighted by atomic mass is 10.1. The lowest BCUT2D eigenvalue weighted by Gasteiger charge is -2.08. The van der Waals surface area contributed by atoms with Crippen molar-refractivity contribution in [3.8, 4) is 5.75 Å². The van der Waals surface area contributed by atoms with Crippen LogP contribution in [0.2, 0.25) is 0 Å². The van der Waals surface area contributed by atoms with Gasteiger partial charge in [0.15, 0.2) is 0 Å². The summed E-state index contributed by atoms with van der Waals surface area (Å²) < 4.78 is 9.29. The van der Waals surface area contributed by atoms with Gasteiger partial charge in [0.1, 0.15) is 17.2 Å². The van der Waals surface area contributed by atoms with Crippen molar-refractivity contribution in [2.45, 2.75) is 19.8 Å². The van der Waals surface area contributed by atoms with Crippen LogP contribution in [0.3, 0.4) is 0 Å². The van der Waals surface area contributed by atoms with Gasteiger partial charge in [0.05, 0.1) is 5.69 Å². The van der Waals surface area contributed by atoms with Crippen LogP contribution in [0.5, 0.6) is 5.75 Å². The van der Waals surface area contributed by atoms with E-state index in [9.17, 15) is 4.79 Å². The molecular weight excluding hydrogens is 288 g/mol. The average Bonchev–Trinajstić information content (AvgIpc) is 2.95. The molecule has 1 aromatic heterocycles. The summed E-state index contributed by atoms with van der Waals surface area (Å²) in [4.78, 5) is 12.8. The van der Waals surface area contributed by atoms with E-state index in [1.807, 2.05) is 26.0 Å². The molecular formula is C14H18N4O2S. The summed E-state index contributed by atoms with van der Waals surface area (Å²) in [6, 6.07) is 7.20. The number of rotatable bonds is 6. The molecule has 2 rings (SSSR count). The number of carbonyl (C=O) groups excluding carboxylic acids is 1. The van der Waals surface area contributed by atoms with Gasteiger partial charge in [-0.2, -0.15) is 0 Å². The number of carbonyl (C=O) groups is 1. The first-order valence-electron chi connectivity index (χ1n) is 6.68. The maximum absolute atomic E-state index is 12.3. The topological polar surface area (TPSA) is 90.1 Å². The zero-order valence-electron chi connectivity index (χ0n) is 12.0. The summed E-state index contributed by atoms with van der Waals surface area (Å²) in [6.45, 7) is 4.85. The molecule has 0 bridgehead atoms. The quantitative estimate of drug-likeness (QED) is 0.854. The van der Waals surface area contributed by atoms with Gasteiger partial charge in [0.2, 0.25) is 0 Å². The molecule has 0 unspecified atom stereocenters. The molecule has 1 heterocycles. The fraction of sp³-hybridized carbons (Fsp3) is 0.357. The molecule has 112 valence electrons. The molecule has 0 saturated heterocycles. The highest BCUT2D eigenvalue weighted by Gasteiger charge is 2.18. The summed E-state index contributed by atoms with van der Waals surface area (Å²) in [7, 11) is 0. The highest BCUT2D eigenvalue weighted by Crippen LogP contribution is 2.22. The number of nitrogens with one attached hydrogen (secondary N) is 1. The number of anilines is 1. The van der Waals surface area contributed by atoms with Crippen LogP contribution in [0.4, 0.5) is 5.69 Å². The number of benzene rings is 1. The first-order chi connectivity index (χ1) is 10.1. The molecule has 6 nitrogen and oxygen atoms in total. The van der Waals surface area contributed by atoms with Gasteiger partial charge in [0.25, 0.3) is 5.91 Å². The van der Waals surface area contributed by atoms with E-state index in [0.717, 1.165) is 11.5 Å². The molecule has 0 fully saturated rings. The van der Waals surface area contributed by atoms with Gasteiger partial charge in [-0.3, -0.25) is 4.79 Å². The Morgan fingerprint density at radius 3 is 3.00 bits per heavy atom.